The molecule has 0 saturated heterocycles. The molecule has 0 aliphatic heterocycles. The molecule has 0 unspecified atom stereocenters. The van der Waals surface area contributed by atoms with Crippen LogP contribution in [-0.2, 0) is 4.57 Å². The SMILES string of the molecule is CCCCCP(=O)(O)O.[Rb]. The van der Waals surface area contributed by atoms with Gasteiger partial charge in [0.05, 0.1) is 0 Å². The van der Waals surface area contributed by atoms with E-state index >= 15 is 0 Å². The molecule has 0 aliphatic rings. The average Bonchev–Trinajstić information content (AvgIpc) is 1.63. The quantitative estimate of drug-likeness (QED) is 0.566. The third-order valence-corrected chi connectivity index (χ3v) is 1.95. The van der Waals surface area contributed by atoms with Crippen molar-refractivity contribution in [2.24, 2.45) is 0 Å². The summed E-state index contributed by atoms with van der Waals surface area (Å²) in [7, 11) is -3.70. The van der Waals surface area contributed by atoms with Crippen molar-refractivity contribution in [1.82, 2.24) is 0 Å². The summed E-state index contributed by atoms with van der Waals surface area (Å²) in [5.41, 5.74) is 0. The van der Waals surface area contributed by atoms with Crippen LogP contribution in [0.5, 0.6) is 0 Å². The predicted molar refractivity (Wildman–Crippen MR) is 42.2 cm³/mol. The summed E-state index contributed by atoms with van der Waals surface area (Å²) in [6.45, 7) is 2.00. The maximum Gasteiger partial charge on any atom is 0.325 e. The van der Waals surface area contributed by atoms with E-state index < -0.39 is 7.60 Å². The van der Waals surface area contributed by atoms with Crippen molar-refractivity contribution < 1.29 is 14.4 Å². The molecule has 2 N–H and O–H groups in total. The summed E-state index contributed by atoms with van der Waals surface area (Å²) >= 11 is 0. The van der Waals surface area contributed by atoms with Crippen LogP contribution in [0.1, 0.15) is 26.2 Å². The summed E-state index contributed by atoms with van der Waals surface area (Å²) in [5, 5.41) is 0. The first-order valence-corrected chi connectivity index (χ1v) is 4.90. The predicted octanol–water partition coefficient (Wildman–Crippen LogP) is 0.973. The Morgan fingerprint density at radius 1 is 1.30 bits per heavy atom. The van der Waals surface area contributed by atoms with E-state index in [1.165, 1.54) is 0 Å². The van der Waals surface area contributed by atoms with Crippen LogP contribution in [0, 0.1) is 0 Å². The zero-order chi connectivity index (χ0) is 7.33. The van der Waals surface area contributed by atoms with Crippen LogP contribution in [0.2, 0.25) is 0 Å². The Labute approximate surface area is 111 Å². The molecule has 0 aromatic rings. The summed E-state index contributed by atoms with van der Waals surface area (Å²) in [4.78, 5) is 16.7. The van der Waals surface area contributed by atoms with Gasteiger partial charge in [0.15, 0.2) is 0 Å². The molecule has 0 rings (SSSR count). The summed E-state index contributed by atoms with van der Waals surface area (Å²) in [6, 6.07) is 0. The van der Waals surface area contributed by atoms with Gasteiger partial charge in [0, 0.05) is 64.3 Å². The van der Waals surface area contributed by atoms with E-state index in [4.69, 9.17) is 9.79 Å². The number of rotatable bonds is 4. The van der Waals surface area contributed by atoms with Crippen molar-refractivity contribution in [3.05, 3.63) is 0 Å². The van der Waals surface area contributed by atoms with Crippen molar-refractivity contribution in [1.29, 1.82) is 0 Å². The maximum atomic E-state index is 10.2. The Balaban J connectivity index is 0. The standard InChI is InChI=1S/C5H13O3P.Rb/c1-2-3-4-5-9(6,7)8;/h2-5H2,1H3,(H2,6,7,8);. The fraction of sp³-hybridized carbons (Fsp3) is 1.00. The van der Waals surface area contributed by atoms with Crippen LogP contribution in [0.3, 0.4) is 0 Å². The minimum absolute atomic E-state index is 0. The molecular weight excluding hydrogens is 224 g/mol. The van der Waals surface area contributed by atoms with Gasteiger partial charge in [-0.3, -0.25) is 4.57 Å². The van der Waals surface area contributed by atoms with Gasteiger partial charge in [-0.15, -0.1) is 0 Å². The van der Waals surface area contributed by atoms with Gasteiger partial charge >= 0.3 is 7.60 Å². The zero-order valence-electron chi connectivity index (χ0n) is 6.58. The van der Waals surface area contributed by atoms with E-state index in [-0.39, 0.29) is 64.3 Å². The fourth-order valence-corrected chi connectivity index (χ4v) is 1.20. The van der Waals surface area contributed by atoms with Crippen molar-refractivity contribution >= 4 is 65.8 Å². The van der Waals surface area contributed by atoms with Crippen LogP contribution in [-0.4, -0.2) is 74.1 Å². The van der Waals surface area contributed by atoms with E-state index in [0.29, 0.717) is 6.42 Å². The molecule has 0 bridgehead atoms. The van der Waals surface area contributed by atoms with E-state index in [0.717, 1.165) is 12.8 Å². The molecular formula is C5H13O3PRb. The molecule has 0 spiro atoms. The minimum atomic E-state index is -3.70. The molecule has 0 aliphatic carbocycles. The van der Waals surface area contributed by atoms with Gasteiger partial charge in [-0.1, -0.05) is 19.8 Å². The minimum Gasteiger partial charge on any atom is -0.324 e. The normalized spacial score (nSPS) is 10.7. The number of hydrogen-bond donors (Lipinski definition) is 2. The summed E-state index contributed by atoms with van der Waals surface area (Å²) in [6.07, 6.45) is 2.59. The Bertz CT molecular complexity index is 111. The molecule has 57 valence electrons. The molecule has 3 nitrogen and oxygen atoms in total. The molecule has 0 aromatic carbocycles. The molecule has 1 radical (unpaired) electrons. The van der Waals surface area contributed by atoms with Crippen molar-refractivity contribution in [3.63, 3.8) is 0 Å². The van der Waals surface area contributed by atoms with Gasteiger partial charge in [0.2, 0.25) is 0 Å². The molecule has 5 heteroatoms. The molecule has 0 heterocycles. The summed E-state index contributed by atoms with van der Waals surface area (Å²) < 4.78 is 10.2. The van der Waals surface area contributed by atoms with Gasteiger partial charge in [0.25, 0.3) is 0 Å². The maximum absolute atomic E-state index is 10.2. The Morgan fingerprint density at radius 2 is 1.80 bits per heavy atom. The second-order valence-corrected chi connectivity index (χ2v) is 3.87. The number of hydrogen-bond acceptors (Lipinski definition) is 1. The first kappa shape index (κ1) is 14.5. The summed E-state index contributed by atoms with van der Waals surface area (Å²) in [5.74, 6) is 0. The van der Waals surface area contributed by atoms with Gasteiger partial charge in [-0.05, 0) is 6.42 Å². The fourth-order valence-electron chi connectivity index (χ4n) is 0.568. The van der Waals surface area contributed by atoms with Crippen LogP contribution in [0.25, 0.3) is 0 Å². The van der Waals surface area contributed by atoms with Crippen LogP contribution >= 0.6 is 7.60 Å². The molecule has 10 heavy (non-hydrogen) atoms. The molecule has 0 atom stereocenters. The Hall–Kier alpha value is 1.96. The topological polar surface area (TPSA) is 57.5 Å². The zero-order valence-corrected chi connectivity index (χ0v) is 12.4. The van der Waals surface area contributed by atoms with Crippen molar-refractivity contribution in [2.45, 2.75) is 26.2 Å². The number of unbranched alkanes of at least 4 members (excludes halogenated alkanes) is 2. The monoisotopic (exact) mass is 237 g/mol. The van der Waals surface area contributed by atoms with E-state index in [2.05, 4.69) is 0 Å². The Kier molecular flexibility index (Phi) is 11.0. The molecule has 0 fully saturated rings. The molecule has 0 amide bonds. The average molecular weight is 238 g/mol. The smallest absolute Gasteiger partial charge is 0.324 e. The van der Waals surface area contributed by atoms with E-state index in [9.17, 15) is 4.57 Å². The van der Waals surface area contributed by atoms with Crippen LogP contribution < -0.4 is 0 Å². The second kappa shape index (κ2) is 7.60. The Morgan fingerprint density at radius 3 is 2.10 bits per heavy atom. The van der Waals surface area contributed by atoms with Gasteiger partial charge < -0.3 is 9.79 Å². The molecule has 0 saturated carbocycles. The van der Waals surface area contributed by atoms with Gasteiger partial charge in [0.1, 0.15) is 0 Å². The second-order valence-electron chi connectivity index (χ2n) is 2.10. The molecule has 0 aromatic heterocycles. The third kappa shape index (κ3) is 12.6. The van der Waals surface area contributed by atoms with Crippen molar-refractivity contribution in [3.8, 4) is 0 Å². The largest absolute Gasteiger partial charge is 0.325 e. The van der Waals surface area contributed by atoms with Gasteiger partial charge in [-0.25, -0.2) is 0 Å². The first-order valence-electron chi connectivity index (χ1n) is 3.11. The van der Waals surface area contributed by atoms with Crippen molar-refractivity contribution in [2.75, 3.05) is 6.16 Å². The van der Waals surface area contributed by atoms with Crippen LogP contribution in [0.15, 0.2) is 0 Å². The first-order chi connectivity index (χ1) is 4.06. The van der Waals surface area contributed by atoms with Crippen LogP contribution in [0.4, 0.5) is 0 Å². The third-order valence-electron chi connectivity index (χ3n) is 1.05. The van der Waals surface area contributed by atoms with E-state index in [1.807, 2.05) is 6.92 Å². The van der Waals surface area contributed by atoms with Gasteiger partial charge in [-0.2, -0.15) is 0 Å². The van der Waals surface area contributed by atoms with E-state index in [1.54, 1.807) is 0 Å².